The van der Waals surface area contributed by atoms with Gasteiger partial charge in [0.25, 0.3) is 0 Å². The van der Waals surface area contributed by atoms with E-state index in [0.29, 0.717) is 18.7 Å². The van der Waals surface area contributed by atoms with Crippen molar-refractivity contribution in [2.75, 3.05) is 25.6 Å². The lowest BCUT2D eigenvalue weighted by Gasteiger charge is -2.24. The summed E-state index contributed by atoms with van der Waals surface area (Å²) in [6.07, 6.45) is 0.417. The van der Waals surface area contributed by atoms with Gasteiger partial charge in [0.15, 0.2) is 0 Å². The summed E-state index contributed by atoms with van der Waals surface area (Å²) in [6, 6.07) is 14.2. The first-order valence-corrected chi connectivity index (χ1v) is 8.55. The van der Waals surface area contributed by atoms with E-state index in [4.69, 9.17) is 9.47 Å². The summed E-state index contributed by atoms with van der Waals surface area (Å²) in [6.45, 7) is 4.32. The molecule has 6 heteroatoms. The average Bonchev–Trinajstić information content (AvgIpc) is 2.62. The maximum Gasteiger partial charge on any atom is 0.319 e. The summed E-state index contributed by atoms with van der Waals surface area (Å²) >= 11 is 0. The minimum absolute atomic E-state index is 0.127. The van der Waals surface area contributed by atoms with E-state index in [1.807, 2.05) is 31.2 Å². The number of nitrogens with one attached hydrogen (secondary N) is 2. The topological polar surface area (TPSA) is 79.8 Å². The highest BCUT2D eigenvalue weighted by Crippen LogP contribution is 2.17. The summed E-state index contributed by atoms with van der Waals surface area (Å²) in [7, 11) is 1.61. The van der Waals surface area contributed by atoms with Crippen molar-refractivity contribution in [3.05, 3.63) is 54.1 Å². The quantitative estimate of drug-likeness (QED) is 0.677. The molecule has 2 rings (SSSR count). The summed E-state index contributed by atoms with van der Waals surface area (Å²) in [5.41, 5.74) is 0.551. The van der Waals surface area contributed by atoms with Gasteiger partial charge in [0.2, 0.25) is 0 Å². The van der Waals surface area contributed by atoms with Gasteiger partial charge in [0.1, 0.15) is 11.5 Å². The molecule has 0 aromatic heterocycles. The number of benzene rings is 2. The summed E-state index contributed by atoms with van der Waals surface area (Å²) < 4.78 is 10.5. The zero-order valence-electron chi connectivity index (χ0n) is 15.4. The average molecular weight is 358 g/mol. The smallest absolute Gasteiger partial charge is 0.319 e. The SMILES string of the molecule is CCOc1ccc(NC(=O)NCC(C)(O)Cc2ccc(OC)cc2)cc1. The molecule has 6 nitrogen and oxygen atoms in total. The van der Waals surface area contributed by atoms with Crippen molar-refractivity contribution in [3.8, 4) is 11.5 Å². The third-order valence-corrected chi connectivity index (χ3v) is 3.80. The van der Waals surface area contributed by atoms with Crippen LogP contribution in [0, 0.1) is 0 Å². The fraction of sp³-hybridized carbons (Fsp3) is 0.350. The number of rotatable bonds is 8. The summed E-state index contributed by atoms with van der Waals surface area (Å²) in [5, 5.41) is 15.9. The maximum absolute atomic E-state index is 12.0. The van der Waals surface area contributed by atoms with E-state index in [0.717, 1.165) is 17.1 Å². The molecule has 3 N–H and O–H groups in total. The maximum atomic E-state index is 12.0. The van der Waals surface area contributed by atoms with Crippen molar-refractivity contribution in [1.29, 1.82) is 0 Å². The van der Waals surface area contributed by atoms with Crippen molar-refractivity contribution >= 4 is 11.7 Å². The molecule has 1 unspecified atom stereocenters. The van der Waals surface area contributed by atoms with E-state index in [1.54, 1.807) is 38.3 Å². The van der Waals surface area contributed by atoms with Crippen molar-refractivity contribution < 1.29 is 19.4 Å². The van der Waals surface area contributed by atoms with Crippen LogP contribution in [0.2, 0.25) is 0 Å². The Balaban J connectivity index is 1.82. The number of hydrogen-bond donors (Lipinski definition) is 3. The van der Waals surface area contributed by atoms with Gasteiger partial charge in [-0.15, -0.1) is 0 Å². The highest BCUT2D eigenvalue weighted by molar-refractivity contribution is 5.89. The van der Waals surface area contributed by atoms with Gasteiger partial charge < -0.3 is 25.2 Å². The Morgan fingerprint density at radius 1 is 1.08 bits per heavy atom. The molecule has 0 fully saturated rings. The standard InChI is InChI=1S/C20H26N2O4/c1-4-26-18-11-7-16(8-12-18)22-19(23)21-14-20(2,24)13-15-5-9-17(25-3)10-6-15/h5-12,24H,4,13-14H2,1-3H3,(H2,21,22,23). The lowest BCUT2D eigenvalue weighted by atomic mass is 9.96. The van der Waals surface area contributed by atoms with Gasteiger partial charge in [-0.25, -0.2) is 4.79 Å². The Hall–Kier alpha value is -2.73. The highest BCUT2D eigenvalue weighted by Gasteiger charge is 2.22. The number of aliphatic hydroxyl groups is 1. The van der Waals surface area contributed by atoms with Crippen LogP contribution in [0.1, 0.15) is 19.4 Å². The van der Waals surface area contributed by atoms with E-state index < -0.39 is 5.60 Å². The molecular weight excluding hydrogens is 332 g/mol. The van der Waals surface area contributed by atoms with Crippen molar-refractivity contribution in [2.24, 2.45) is 0 Å². The fourth-order valence-corrected chi connectivity index (χ4v) is 2.49. The molecule has 26 heavy (non-hydrogen) atoms. The van der Waals surface area contributed by atoms with Crippen LogP contribution in [0.5, 0.6) is 11.5 Å². The minimum atomic E-state index is -1.06. The van der Waals surface area contributed by atoms with Crippen LogP contribution in [0.25, 0.3) is 0 Å². The van der Waals surface area contributed by atoms with Gasteiger partial charge in [0, 0.05) is 18.7 Å². The lowest BCUT2D eigenvalue weighted by molar-refractivity contribution is 0.0629. The van der Waals surface area contributed by atoms with Crippen molar-refractivity contribution in [1.82, 2.24) is 5.32 Å². The molecule has 1 atom stereocenters. The van der Waals surface area contributed by atoms with Gasteiger partial charge in [0.05, 0.1) is 19.3 Å². The van der Waals surface area contributed by atoms with E-state index in [2.05, 4.69) is 10.6 Å². The Labute approximate surface area is 154 Å². The number of carbonyl (C=O) groups is 1. The van der Waals surface area contributed by atoms with Crippen LogP contribution >= 0.6 is 0 Å². The Morgan fingerprint density at radius 3 is 2.27 bits per heavy atom. The largest absolute Gasteiger partial charge is 0.497 e. The second kappa shape index (κ2) is 9.10. The van der Waals surface area contributed by atoms with E-state index in [9.17, 15) is 9.90 Å². The third-order valence-electron chi connectivity index (χ3n) is 3.80. The number of ether oxygens (including phenoxy) is 2. The lowest BCUT2D eigenvalue weighted by Crippen LogP contribution is -2.43. The van der Waals surface area contributed by atoms with Crippen LogP contribution in [0.4, 0.5) is 10.5 Å². The van der Waals surface area contributed by atoms with Crippen LogP contribution in [-0.4, -0.2) is 37.0 Å². The van der Waals surface area contributed by atoms with E-state index >= 15 is 0 Å². The molecular formula is C20H26N2O4. The molecule has 0 aliphatic heterocycles. The van der Waals surface area contributed by atoms with Crippen molar-refractivity contribution in [3.63, 3.8) is 0 Å². The van der Waals surface area contributed by atoms with Gasteiger partial charge >= 0.3 is 6.03 Å². The Kier molecular flexibility index (Phi) is 6.86. The van der Waals surface area contributed by atoms with Gasteiger partial charge in [-0.05, 0) is 55.8 Å². The molecule has 0 radical (unpaired) electrons. The first kappa shape index (κ1) is 19.6. The molecule has 0 bridgehead atoms. The Morgan fingerprint density at radius 2 is 1.69 bits per heavy atom. The van der Waals surface area contributed by atoms with Crippen LogP contribution in [-0.2, 0) is 6.42 Å². The fourth-order valence-electron chi connectivity index (χ4n) is 2.49. The zero-order valence-corrected chi connectivity index (χ0v) is 15.4. The molecule has 0 saturated carbocycles. The normalized spacial score (nSPS) is 12.8. The predicted molar refractivity (Wildman–Crippen MR) is 102 cm³/mol. The number of anilines is 1. The van der Waals surface area contributed by atoms with E-state index in [-0.39, 0.29) is 12.6 Å². The molecule has 0 spiro atoms. The number of hydrogen-bond acceptors (Lipinski definition) is 4. The molecule has 140 valence electrons. The van der Waals surface area contributed by atoms with Crippen molar-refractivity contribution in [2.45, 2.75) is 25.9 Å². The van der Waals surface area contributed by atoms with E-state index in [1.165, 1.54) is 0 Å². The molecule has 0 aliphatic carbocycles. The summed E-state index contributed by atoms with van der Waals surface area (Å²) in [5.74, 6) is 1.52. The monoisotopic (exact) mass is 358 g/mol. The number of methoxy groups -OCH3 is 1. The van der Waals surface area contributed by atoms with Crippen LogP contribution in [0.15, 0.2) is 48.5 Å². The first-order chi connectivity index (χ1) is 12.4. The second-order valence-corrected chi connectivity index (χ2v) is 6.29. The highest BCUT2D eigenvalue weighted by atomic mass is 16.5. The molecule has 2 amide bonds. The number of urea groups is 1. The number of amides is 2. The zero-order chi connectivity index (χ0) is 19.0. The molecule has 0 aliphatic rings. The molecule has 2 aromatic rings. The second-order valence-electron chi connectivity index (χ2n) is 6.29. The number of carbonyl (C=O) groups excluding carboxylic acids is 1. The molecule has 0 heterocycles. The predicted octanol–water partition coefficient (Wildman–Crippen LogP) is 3.21. The Bertz CT molecular complexity index is 697. The minimum Gasteiger partial charge on any atom is -0.497 e. The van der Waals surface area contributed by atoms with Gasteiger partial charge in [-0.2, -0.15) is 0 Å². The third kappa shape index (κ3) is 6.29. The van der Waals surface area contributed by atoms with Gasteiger partial charge in [-0.3, -0.25) is 0 Å². The molecule has 0 saturated heterocycles. The summed E-state index contributed by atoms with van der Waals surface area (Å²) in [4.78, 5) is 12.0. The first-order valence-electron chi connectivity index (χ1n) is 8.55. The van der Waals surface area contributed by atoms with Gasteiger partial charge in [-0.1, -0.05) is 12.1 Å². The van der Waals surface area contributed by atoms with Crippen LogP contribution in [0.3, 0.4) is 0 Å². The van der Waals surface area contributed by atoms with Crippen LogP contribution < -0.4 is 20.1 Å². The molecule has 2 aromatic carbocycles.